The topological polar surface area (TPSA) is 83.0 Å². The average molecular weight is 471 g/mol. The molecule has 0 spiro atoms. The van der Waals surface area contributed by atoms with Crippen LogP contribution in [-0.2, 0) is 17.0 Å². The number of thioether (sulfide) groups is 1. The molecule has 0 aliphatic rings. The Morgan fingerprint density at radius 1 is 1.16 bits per heavy atom. The quantitative estimate of drug-likeness (QED) is 0.189. The third kappa shape index (κ3) is 5.38. The van der Waals surface area contributed by atoms with Crippen molar-refractivity contribution >= 4 is 34.3 Å². The summed E-state index contributed by atoms with van der Waals surface area (Å²) in [7, 11) is 0. The Labute approximate surface area is 194 Å². The number of ether oxygens (including phenoxy) is 1. The van der Waals surface area contributed by atoms with E-state index < -0.39 is 0 Å². The molecule has 32 heavy (non-hydrogen) atoms. The number of rotatable bonds is 9. The number of hydrogen-bond acceptors (Lipinski definition) is 7. The predicted octanol–water partition coefficient (Wildman–Crippen LogP) is 5.21. The number of halogens is 1. The first-order chi connectivity index (χ1) is 15.5. The maximum Gasteiger partial charge on any atom is 0.262 e. The van der Waals surface area contributed by atoms with E-state index in [0.717, 1.165) is 5.56 Å². The maximum atomic E-state index is 13.2. The molecule has 9 heteroatoms. The van der Waals surface area contributed by atoms with Gasteiger partial charge >= 0.3 is 0 Å². The van der Waals surface area contributed by atoms with Gasteiger partial charge in [-0.25, -0.2) is 4.98 Å². The molecule has 0 unspecified atom stereocenters. The van der Waals surface area contributed by atoms with Crippen LogP contribution in [0.4, 0.5) is 0 Å². The second-order valence-corrected chi connectivity index (χ2v) is 8.83. The molecule has 0 atom stereocenters. The first kappa shape index (κ1) is 22.5. The Morgan fingerprint density at radius 2 is 1.97 bits per heavy atom. The van der Waals surface area contributed by atoms with Crippen LogP contribution in [0.5, 0.6) is 0 Å². The van der Waals surface area contributed by atoms with Crippen molar-refractivity contribution in [2.45, 2.75) is 43.8 Å². The first-order valence-electron chi connectivity index (χ1n) is 10.3. The Balaban J connectivity index is 1.58. The summed E-state index contributed by atoms with van der Waals surface area (Å²) < 4.78 is 12.7. The van der Waals surface area contributed by atoms with E-state index in [1.165, 1.54) is 11.8 Å². The number of benzene rings is 2. The largest absolute Gasteiger partial charge is 0.379 e. The van der Waals surface area contributed by atoms with Crippen molar-refractivity contribution in [3.63, 3.8) is 0 Å². The van der Waals surface area contributed by atoms with Crippen LogP contribution >= 0.6 is 23.4 Å². The van der Waals surface area contributed by atoms with Gasteiger partial charge in [-0.1, -0.05) is 58.9 Å². The van der Waals surface area contributed by atoms with Crippen molar-refractivity contribution in [1.82, 2.24) is 19.7 Å². The van der Waals surface area contributed by atoms with Gasteiger partial charge in [-0.2, -0.15) is 4.98 Å². The summed E-state index contributed by atoms with van der Waals surface area (Å²) >= 11 is 7.50. The molecule has 0 N–H and O–H groups in total. The molecule has 0 amide bonds. The molecule has 4 aromatic rings. The lowest BCUT2D eigenvalue weighted by molar-refractivity contribution is 0.0743. The van der Waals surface area contributed by atoms with E-state index in [9.17, 15) is 4.79 Å². The van der Waals surface area contributed by atoms with E-state index >= 15 is 0 Å². The van der Waals surface area contributed by atoms with Gasteiger partial charge in [0.2, 0.25) is 11.7 Å². The van der Waals surface area contributed by atoms with E-state index in [1.807, 2.05) is 44.2 Å². The van der Waals surface area contributed by atoms with E-state index in [0.29, 0.717) is 58.1 Å². The lowest BCUT2D eigenvalue weighted by Crippen LogP contribution is -2.24. The lowest BCUT2D eigenvalue weighted by atomic mass is 10.2. The number of fused-ring (bicyclic) bond motifs is 1. The Morgan fingerprint density at radius 3 is 2.75 bits per heavy atom. The molecule has 2 aromatic carbocycles. The third-order valence-corrected chi connectivity index (χ3v) is 5.88. The number of hydrogen-bond donors (Lipinski definition) is 0. The molecular formula is C23H23ClN4O3S. The summed E-state index contributed by atoms with van der Waals surface area (Å²) in [6.07, 6.45) is 0.847. The second kappa shape index (κ2) is 10.3. The Hall–Kier alpha value is -2.68. The van der Waals surface area contributed by atoms with Crippen molar-refractivity contribution in [2.75, 3.05) is 6.61 Å². The van der Waals surface area contributed by atoms with Gasteiger partial charge in [0.1, 0.15) is 0 Å². The molecule has 0 saturated carbocycles. The highest BCUT2D eigenvalue weighted by atomic mass is 35.5. The Kier molecular flexibility index (Phi) is 7.24. The van der Waals surface area contributed by atoms with Crippen molar-refractivity contribution in [1.29, 1.82) is 0 Å². The maximum absolute atomic E-state index is 13.2. The van der Waals surface area contributed by atoms with Crippen molar-refractivity contribution in [2.24, 2.45) is 0 Å². The fourth-order valence-corrected chi connectivity index (χ4v) is 4.20. The van der Waals surface area contributed by atoms with Crippen molar-refractivity contribution in [3.8, 4) is 11.4 Å². The fourth-order valence-electron chi connectivity index (χ4n) is 3.17. The molecule has 0 bridgehead atoms. The zero-order valence-corrected chi connectivity index (χ0v) is 19.4. The van der Waals surface area contributed by atoms with Crippen molar-refractivity contribution < 1.29 is 9.26 Å². The summed E-state index contributed by atoms with van der Waals surface area (Å²) in [5.74, 6) is 1.38. The van der Waals surface area contributed by atoms with Crippen LogP contribution in [0, 0.1) is 0 Å². The van der Waals surface area contributed by atoms with E-state index in [2.05, 4.69) is 10.1 Å². The zero-order valence-electron chi connectivity index (χ0n) is 17.8. The highest BCUT2D eigenvalue weighted by Crippen LogP contribution is 2.24. The average Bonchev–Trinajstić information content (AvgIpc) is 3.26. The molecule has 2 aromatic heterocycles. The molecule has 0 fully saturated rings. The minimum atomic E-state index is -0.103. The fraction of sp³-hybridized carbons (Fsp3) is 0.304. The highest BCUT2D eigenvalue weighted by molar-refractivity contribution is 7.98. The van der Waals surface area contributed by atoms with Crippen LogP contribution in [0.25, 0.3) is 22.3 Å². The Bertz CT molecular complexity index is 1260. The van der Waals surface area contributed by atoms with Gasteiger partial charge in [-0.15, -0.1) is 0 Å². The van der Waals surface area contributed by atoms with Crippen LogP contribution in [0.1, 0.15) is 26.2 Å². The number of nitrogens with zero attached hydrogens (tertiary/aromatic N) is 4. The van der Waals surface area contributed by atoms with E-state index in [1.54, 1.807) is 22.8 Å². The number of aromatic nitrogens is 4. The van der Waals surface area contributed by atoms with Crippen molar-refractivity contribution in [3.05, 3.63) is 69.8 Å². The summed E-state index contributed by atoms with van der Waals surface area (Å²) in [6.45, 7) is 5.04. The molecule has 0 radical (unpaired) electrons. The molecule has 4 rings (SSSR count). The van der Waals surface area contributed by atoms with Crippen LogP contribution in [0.3, 0.4) is 0 Å². The second-order valence-electron chi connectivity index (χ2n) is 7.45. The lowest BCUT2D eigenvalue weighted by Gasteiger charge is -2.13. The van der Waals surface area contributed by atoms with E-state index in [-0.39, 0.29) is 11.7 Å². The SMILES string of the molecule is CC(C)OCCCn1c(SCc2nc(-c3ccccc3)no2)nc2cc(Cl)ccc2c1=O. The van der Waals surface area contributed by atoms with Gasteiger partial charge < -0.3 is 9.26 Å². The molecule has 0 saturated heterocycles. The monoisotopic (exact) mass is 470 g/mol. The minimum Gasteiger partial charge on any atom is -0.379 e. The van der Waals surface area contributed by atoms with Gasteiger partial charge in [-0.3, -0.25) is 9.36 Å². The smallest absolute Gasteiger partial charge is 0.262 e. The van der Waals surface area contributed by atoms with Crippen LogP contribution in [-0.4, -0.2) is 32.4 Å². The zero-order chi connectivity index (χ0) is 22.5. The van der Waals surface area contributed by atoms with Gasteiger partial charge in [-0.05, 0) is 38.5 Å². The molecule has 0 aliphatic heterocycles. The summed E-state index contributed by atoms with van der Waals surface area (Å²) in [4.78, 5) is 22.3. The van der Waals surface area contributed by atoms with Gasteiger partial charge in [0.25, 0.3) is 5.56 Å². The first-order valence-corrected chi connectivity index (χ1v) is 11.7. The standard InChI is InChI=1S/C23H23ClN4O3S/c1-15(2)30-12-6-11-28-22(29)18-10-9-17(24)13-19(18)25-23(28)32-14-20-26-21(27-31-20)16-7-4-3-5-8-16/h3-5,7-10,13,15H,6,11-12,14H2,1-2H3. The van der Waals surface area contributed by atoms with Gasteiger partial charge in [0.05, 0.1) is 22.8 Å². The summed E-state index contributed by atoms with van der Waals surface area (Å²) in [6, 6.07) is 14.7. The summed E-state index contributed by atoms with van der Waals surface area (Å²) in [5.41, 5.74) is 1.34. The van der Waals surface area contributed by atoms with Crippen LogP contribution < -0.4 is 5.56 Å². The van der Waals surface area contributed by atoms with Gasteiger partial charge in [0.15, 0.2) is 5.16 Å². The molecule has 2 heterocycles. The van der Waals surface area contributed by atoms with Crippen LogP contribution in [0.15, 0.2) is 63.0 Å². The summed E-state index contributed by atoms with van der Waals surface area (Å²) in [5, 5.41) is 5.70. The van der Waals surface area contributed by atoms with E-state index in [4.69, 9.17) is 25.8 Å². The van der Waals surface area contributed by atoms with Gasteiger partial charge in [0, 0.05) is 23.7 Å². The predicted molar refractivity (Wildman–Crippen MR) is 126 cm³/mol. The molecule has 0 aliphatic carbocycles. The molecular weight excluding hydrogens is 448 g/mol. The highest BCUT2D eigenvalue weighted by Gasteiger charge is 2.15. The normalized spacial score (nSPS) is 11.5. The minimum absolute atomic E-state index is 0.103. The molecule has 166 valence electrons. The van der Waals surface area contributed by atoms with Crippen LogP contribution in [0.2, 0.25) is 5.02 Å². The molecule has 7 nitrogen and oxygen atoms in total. The third-order valence-electron chi connectivity index (χ3n) is 4.68.